The van der Waals surface area contributed by atoms with Gasteiger partial charge in [0.1, 0.15) is 0 Å². The number of hydrogen-bond donors (Lipinski definition) is 0. The number of hydrogen-bond acceptors (Lipinski definition) is 3. The fourth-order valence-corrected chi connectivity index (χ4v) is 3.53. The summed E-state index contributed by atoms with van der Waals surface area (Å²) in [5, 5.41) is 0. The van der Waals surface area contributed by atoms with Gasteiger partial charge in [0.15, 0.2) is 0 Å². The predicted molar refractivity (Wildman–Crippen MR) is 80.7 cm³/mol. The van der Waals surface area contributed by atoms with E-state index in [1.54, 1.807) is 4.90 Å². The van der Waals surface area contributed by atoms with E-state index < -0.39 is 0 Å². The lowest BCUT2D eigenvalue weighted by Crippen LogP contribution is -2.51. The Morgan fingerprint density at radius 3 is 2.55 bits per heavy atom. The molecular formula is C16H30N2O2. The molecule has 4 heteroatoms. The first kappa shape index (κ1) is 15.8. The van der Waals surface area contributed by atoms with Gasteiger partial charge >= 0.3 is 0 Å². The number of carbonyl (C=O) groups is 1. The van der Waals surface area contributed by atoms with Crippen molar-refractivity contribution in [3.05, 3.63) is 0 Å². The highest BCUT2D eigenvalue weighted by Crippen LogP contribution is 2.39. The van der Waals surface area contributed by atoms with Crippen LogP contribution >= 0.6 is 0 Å². The highest BCUT2D eigenvalue weighted by molar-refractivity contribution is 5.75. The van der Waals surface area contributed by atoms with Gasteiger partial charge in [-0.3, -0.25) is 4.79 Å². The molecule has 1 unspecified atom stereocenters. The molecule has 0 aliphatic carbocycles. The van der Waals surface area contributed by atoms with Crippen LogP contribution in [-0.2, 0) is 9.53 Å². The number of amides is 1. The van der Waals surface area contributed by atoms with Crippen molar-refractivity contribution in [2.45, 2.75) is 57.6 Å². The Morgan fingerprint density at radius 2 is 2.00 bits per heavy atom. The van der Waals surface area contributed by atoms with Gasteiger partial charge in [0, 0.05) is 46.3 Å². The first-order valence-electron chi connectivity index (χ1n) is 8.00. The summed E-state index contributed by atoms with van der Waals surface area (Å²) in [6, 6.07) is 0.627. The average molecular weight is 282 g/mol. The maximum absolute atomic E-state index is 11.9. The molecule has 2 aliphatic rings. The molecule has 0 aromatic rings. The van der Waals surface area contributed by atoms with Crippen molar-refractivity contribution in [2.24, 2.45) is 5.92 Å². The van der Waals surface area contributed by atoms with Crippen LogP contribution < -0.4 is 0 Å². The average Bonchev–Trinajstić information content (AvgIpc) is 2.39. The Kier molecular flexibility index (Phi) is 5.08. The summed E-state index contributed by atoms with van der Waals surface area (Å²) in [5.74, 6) is 0.760. The van der Waals surface area contributed by atoms with Crippen LogP contribution in [0.5, 0.6) is 0 Å². The summed E-state index contributed by atoms with van der Waals surface area (Å²) in [7, 11) is 3.69. The fourth-order valence-electron chi connectivity index (χ4n) is 3.53. The molecule has 0 N–H and O–H groups in total. The zero-order valence-corrected chi connectivity index (χ0v) is 13.5. The van der Waals surface area contributed by atoms with Crippen LogP contribution in [0, 0.1) is 5.92 Å². The van der Waals surface area contributed by atoms with Crippen LogP contribution in [0.15, 0.2) is 0 Å². The molecule has 1 spiro atoms. The molecule has 2 saturated heterocycles. The summed E-state index contributed by atoms with van der Waals surface area (Å²) in [4.78, 5) is 16.1. The van der Waals surface area contributed by atoms with E-state index >= 15 is 0 Å². The van der Waals surface area contributed by atoms with Crippen LogP contribution in [-0.4, -0.2) is 61.1 Å². The van der Waals surface area contributed by atoms with Gasteiger partial charge in [-0.25, -0.2) is 0 Å². The number of ether oxygens (including phenoxy) is 1. The number of likely N-dealkylation sites (tertiary alicyclic amines) is 1. The Labute approximate surface area is 123 Å². The zero-order chi connectivity index (χ0) is 14.8. The van der Waals surface area contributed by atoms with E-state index in [1.165, 1.54) is 0 Å². The number of nitrogens with zero attached hydrogens (tertiary/aromatic N) is 2. The minimum atomic E-state index is 0.0564. The summed E-state index contributed by atoms with van der Waals surface area (Å²) in [6.07, 6.45) is 5.04. The minimum Gasteiger partial charge on any atom is -0.375 e. The standard InChI is InChI=1S/C16H30N2O2/c1-13(2)18-8-6-16(7-9-18)12-14(5-10-20-16)11-15(19)17(3)4/h13-14H,5-12H2,1-4H3. The molecule has 0 saturated carbocycles. The van der Waals surface area contributed by atoms with Crippen molar-refractivity contribution in [1.29, 1.82) is 0 Å². The van der Waals surface area contributed by atoms with E-state index in [9.17, 15) is 4.79 Å². The largest absolute Gasteiger partial charge is 0.375 e. The zero-order valence-electron chi connectivity index (χ0n) is 13.5. The highest BCUT2D eigenvalue weighted by Gasteiger charge is 2.41. The predicted octanol–water partition coefficient (Wildman–Crippen LogP) is 2.13. The second kappa shape index (κ2) is 6.44. The van der Waals surface area contributed by atoms with E-state index in [2.05, 4.69) is 18.7 Å². The van der Waals surface area contributed by atoms with Gasteiger partial charge in [0.25, 0.3) is 0 Å². The van der Waals surface area contributed by atoms with Crippen molar-refractivity contribution < 1.29 is 9.53 Å². The highest BCUT2D eigenvalue weighted by atomic mass is 16.5. The molecule has 0 aromatic heterocycles. The van der Waals surface area contributed by atoms with Gasteiger partial charge < -0.3 is 14.5 Å². The quantitative estimate of drug-likeness (QED) is 0.795. The summed E-state index contributed by atoms with van der Waals surface area (Å²) >= 11 is 0. The topological polar surface area (TPSA) is 32.8 Å². The Bertz CT molecular complexity index is 333. The molecule has 0 aromatic carbocycles. The van der Waals surface area contributed by atoms with Crippen LogP contribution in [0.25, 0.3) is 0 Å². The normalized spacial score (nSPS) is 26.9. The minimum absolute atomic E-state index is 0.0564. The lowest BCUT2D eigenvalue weighted by molar-refractivity contribution is -0.141. The Balaban J connectivity index is 1.89. The molecule has 1 atom stereocenters. The van der Waals surface area contributed by atoms with Gasteiger partial charge in [0.2, 0.25) is 5.91 Å². The lowest BCUT2D eigenvalue weighted by atomic mass is 9.78. The van der Waals surface area contributed by atoms with Gasteiger partial charge in [-0.1, -0.05) is 0 Å². The maximum atomic E-state index is 11.9. The van der Waals surface area contributed by atoms with E-state index in [4.69, 9.17) is 4.74 Å². The molecule has 20 heavy (non-hydrogen) atoms. The molecule has 0 bridgehead atoms. The van der Waals surface area contributed by atoms with Crippen molar-refractivity contribution in [2.75, 3.05) is 33.8 Å². The third-order valence-corrected chi connectivity index (χ3v) is 5.00. The van der Waals surface area contributed by atoms with Crippen LogP contribution in [0.1, 0.15) is 46.0 Å². The van der Waals surface area contributed by atoms with Crippen molar-refractivity contribution in [1.82, 2.24) is 9.80 Å². The number of piperidine rings is 1. The van der Waals surface area contributed by atoms with Gasteiger partial charge in [-0.05, 0) is 45.4 Å². The molecule has 0 radical (unpaired) electrons. The van der Waals surface area contributed by atoms with Gasteiger partial charge in [0.05, 0.1) is 5.60 Å². The Hall–Kier alpha value is -0.610. The summed E-state index contributed by atoms with van der Waals surface area (Å²) < 4.78 is 6.16. The van der Waals surface area contributed by atoms with Crippen LogP contribution in [0.3, 0.4) is 0 Å². The second-order valence-corrected chi connectivity index (χ2v) is 7.01. The van der Waals surface area contributed by atoms with Crippen molar-refractivity contribution >= 4 is 5.91 Å². The lowest BCUT2D eigenvalue weighted by Gasteiger charge is -2.47. The molecule has 2 fully saturated rings. The van der Waals surface area contributed by atoms with E-state index in [0.29, 0.717) is 18.4 Å². The van der Waals surface area contributed by atoms with Crippen molar-refractivity contribution in [3.8, 4) is 0 Å². The Morgan fingerprint density at radius 1 is 1.35 bits per heavy atom. The smallest absolute Gasteiger partial charge is 0.222 e. The fraction of sp³-hybridized carbons (Fsp3) is 0.938. The number of rotatable bonds is 3. The SMILES string of the molecule is CC(C)N1CCC2(CC1)CC(CC(=O)N(C)C)CCO2. The molecule has 2 rings (SSSR count). The number of carbonyl (C=O) groups excluding carboxylic acids is 1. The van der Waals surface area contributed by atoms with Crippen LogP contribution in [0.4, 0.5) is 0 Å². The van der Waals surface area contributed by atoms with E-state index in [1.807, 2.05) is 14.1 Å². The third-order valence-electron chi connectivity index (χ3n) is 5.00. The summed E-state index contributed by atoms with van der Waals surface area (Å²) in [6.45, 7) is 7.61. The molecule has 4 nitrogen and oxygen atoms in total. The first-order valence-corrected chi connectivity index (χ1v) is 8.00. The van der Waals surface area contributed by atoms with Gasteiger partial charge in [-0.2, -0.15) is 0 Å². The van der Waals surface area contributed by atoms with Gasteiger partial charge in [-0.15, -0.1) is 0 Å². The summed E-state index contributed by atoms with van der Waals surface area (Å²) in [5.41, 5.74) is 0.0564. The second-order valence-electron chi connectivity index (χ2n) is 7.01. The molecule has 2 aliphatic heterocycles. The van der Waals surface area contributed by atoms with Crippen molar-refractivity contribution in [3.63, 3.8) is 0 Å². The molecular weight excluding hydrogens is 252 g/mol. The van der Waals surface area contributed by atoms with E-state index in [-0.39, 0.29) is 11.5 Å². The molecule has 116 valence electrons. The maximum Gasteiger partial charge on any atom is 0.222 e. The van der Waals surface area contributed by atoms with Crippen LogP contribution in [0.2, 0.25) is 0 Å². The monoisotopic (exact) mass is 282 g/mol. The molecule has 2 heterocycles. The van der Waals surface area contributed by atoms with E-state index in [0.717, 1.165) is 45.4 Å². The first-order chi connectivity index (χ1) is 9.42. The molecule has 1 amide bonds. The third kappa shape index (κ3) is 3.73.